The van der Waals surface area contributed by atoms with Gasteiger partial charge in [0.05, 0.1) is 17.5 Å². The predicted molar refractivity (Wildman–Crippen MR) is 60.1 cm³/mol. The standard InChI is InChI=1S/C11H10ClFN2O2/c12-9-3-2-8(6-10(9)13)17-7-11(16)15-5-1-4-14/h2-3,6H,1,5,7H2,(H,15,16). The molecule has 1 N–H and O–H groups in total. The molecule has 0 saturated heterocycles. The number of hydrogen-bond donors (Lipinski definition) is 1. The Morgan fingerprint density at radius 1 is 1.59 bits per heavy atom. The van der Waals surface area contributed by atoms with Crippen LogP contribution in [0.1, 0.15) is 6.42 Å². The molecular weight excluding hydrogens is 247 g/mol. The van der Waals surface area contributed by atoms with E-state index in [1.165, 1.54) is 12.1 Å². The number of halogens is 2. The normalized spacial score (nSPS) is 9.47. The average Bonchev–Trinajstić information content (AvgIpc) is 2.31. The van der Waals surface area contributed by atoms with Gasteiger partial charge in [0, 0.05) is 12.6 Å². The Labute approximate surface area is 103 Å². The average molecular weight is 257 g/mol. The summed E-state index contributed by atoms with van der Waals surface area (Å²) in [5, 5.41) is 10.7. The Hall–Kier alpha value is -1.80. The van der Waals surface area contributed by atoms with Crippen molar-refractivity contribution < 1.29 is 13.9 Å². The van der Waals surface area contributed by atoms with Crippen molar-refractivity contribution >= 4 is 17.5 Å². The lowest BCUT2D eigenvalue weighted by Gasteiger charge is -2.06. The van der Waals surface area contributed by atoms with Gasteiger partial charge in [-0.15, -0.1) is 0 Å². The van der Waals surface area contributed by atoms with Crippen molar-refractivity contribution in [3.8, 4) is 11.8 Å². The number of amides is 1. The maximum Gasteiger partial charge on any atom is 0.257 e. The van der Waals surface area contributed by atoms with Crippen LogP contribution in [0.3, 0.4) is 0 Å². The van der Waals surface area contributed by atoms with Crippen molar-refractivity contribution in [1.29, 1.82) is 5.26 Å². The molecule has 1 amide bonds. The molecule has 0 radical (unpaired) electrons. The second-order valence-corrected chi connectivity index (χ2v) is 3.53. The van der Waals surface area contributed by atoms with Crippen LogP contribution in [0.2, 0.25) is 5.02 Å². The van der Waals surface area contributed by atoms with Crippen LogP contribution in [0.15, 0.2) is 18.2 Å². The number of ether oxygens (including phenoxy) is 1. The van der Waals surface area contributed by atoms with Gasteiger partial charge in [0.2, 0.25) is 0 Å². The number of nitriles is 1. The maximum absolute atomic E-state index is 13.0. The molecule has 17 heavy (non-hydrogen) atoms. The van der Waals surface area contributed by atoms with E-state index in [2.05, 4.69) is 5.32 Å². The molecule has 0 heterocycles. The van der Waals surface area contributed by atoms with Gasteiger partial charge in [0.25, 0.3) is 5.91 Å². The monoisotopic (exact) mass is 256 g/mol. The summed E-state index contributed by atoms with van der Waals surface area (Å²) in [5.74, 6) is -0.744. The molecule has 0 saturated carbocycles. The summed E-state index contributed by atoms with van der Waals surface area (Å²) in [7, 11) is 0. The van der Waals surface area contributed by atoms with E-state index in [9.17, 15) is 9.18 Å². The fraction of sp³-hybridized carbons (Fsp3) is 0.273. The van der Waals surface area contributed by atoms with Crippen molar-refractivity contribution in [3.05, 3.63) is 29.0 Å². The minimum atomic E-state index is -0.603. The molecule has 0 bridgehead atoms. The van der Waals surface area contributed by atoms with E-state index in [1.54, 1.807) is 0 Å². The SMILES string of the molecule is N#CCCNC(=O)COc1ccc(Cl)c(F)c1. The van der Waals surface area contributed by atoms with Gasteiger partial charge < -0.3 is 10.1 Å². The van der Waals surface area contributed by atoms with Gasteiger partial charge in [-0.05, 0) is 12.1 Å². The fourth-order valence-corrected chi connectivity index (χ4v) is 1.14. The quantitative estimate of drug-likeness (QED) is 0.819. The highest BCUT2D eigenvalue weighted by Crippen LogP contribution is 2.20. The molecule has 0 aliphatic rings. The van der Waals surface area contributed by atoms with Gasteiger partial charge >= 0.3 is 0 Å². The third-order valence-electron chi connectivity index (χ3n) is 1.82. The van der Waals surface area contributed by atoms with Crippen LogP contribution >= 0.6 is 11.6 Å². The summed E-state index contributed by atoms with van der Waals surface area (Å²) >= 11 is 5.49. The van der Waals surface area contributed by atoms with Crippen molar-refractivity contribution in [3.63, 3.8) is 0 Å². The molecule has 4 nitrogen and oxygen atoms in total. The summed E-state index contributed by atoms with van der Waals surface area (Å²) in [5.41, 5.74) is 0. The van der Waals surface area contributed by atoms with Crippen molar-refractivity contribution in [2.24, 2.45) is 0 Å². The molecule has 0 aliphatic heterocycles. The van der Waals surface area contributed by atoms with E-state index in [1.807, 2.05) is 6.07 Å². The van der Waals surface area contributed by atoms with Crippen LogP contribution in [-0.2, 0) is 4.79 Å². The third kappa shape index (κ3) is 4.70. The van der Waals surface area contributed by atoms with E-state index in [-0.39, 0.29) is 36.3 Å². The molecule has 1 rings (SSSR count). The maximum atomic E-state index is 13.0. The molecule has 1 aromatic carbocycles. The van der Waals surface area contributed by atoms with E-state index < -0.39 is 5.82 Å². The molecule has 0 fully saturated rings. The van der Waals surface area contributed by atoms with Crippen LogP contribution in [0, 0.1) is 17.1 Å². The Kier molecular flexibility index (Phi) is 5.24. The van der Waals surface area contributed by atoms with Crippen molar-refractivity contribution in [1.82, 2.24) is 5.32 Å². The largest absolute Gasteiger partial charge is 0.484 e. The summed E-state index contributed by atoms with van der Waals surface area (Å²) < 4.78 is 18.0. The lowest BCUT2D eigenvalue weighted by Crippen LogP contribution is -2.29. The van der Waals surface area contributed by atoms with Crippen LogP contribution in [0.4, 0.5) is 4.39 Å². The molecular formula is C11H10ClFN2O2. The number of rotatable bonds is 5. The van der Waals surface area contributed by atoms with Gasteiger partial charge in [-0.25, -0.2) is 4.39 Å². The van der Waals surface area contributed by atoms with E-state index >= 15 is 0 Å². The summed E-state index contributed by atoms with van der Waals surface area (Å²) in [6, 6.07) is 5.81. The number of carbonyl (C=O) groups excluding carboxylic acids is 1. The highest BCUT2D eigenvalue weighted by Gasteiger charge is 2.04. The van der Waals surface area contributed by atoms with Gasteiger partial charge in [-0.3, -0.25) is 4.79 Å². The van der Waals surface area contributed by atoms with Gasteiger partial charge in [-0.2, -0.15) is 5.26 Å². The van der Waals surface area contributed by atoms with Gasteiger partial charge in [-0.1, -0.05) is 11.6 Å². The number of nitrogens with zero attached hydrogens (tertiary/aromatic N) is 1. The van der Waals surface area contributed by atoms with Gasteiger partial charge in [0.1, 0.15) is 11.6 Å². The smallest absolute Gasteiger partial charge is 0.257 e. The third-order valence-corrected chi connectivity index (χ3v) is 2.13. The van der Waals surface area contributed by atoms with Crippen LogP contribution < -0.4 is 10.1 Å². The zero-order chi connectivity index (χ0) is 12.7. The Morgan fingerprint density at radius 3 is 3.00 bits per heavy atom. The highest BCUT2D eigenvalue weighted by molar-refractivity contribution is 6.30. The summed E-state index contributed by atoms with van der Waals surface area (Å²) in [4.78, 5) is 11.2. The zero-order valence-corrected chi connectivity index (χ0v) is 9.63. The minimum Gasteiger partial charge on any atom is -0.484 e. The molecule has 0 unspecified atom stereocenters. The number of benzene rings is 1. The van der Waals surface area contributed by atoms with Crippen molar-refractivity contribution in [2.75, 3.05) is 13.2 Å². The topological polar surface area (TPSA) is 62.1 Å². The van der Waals surface area contributed by atoms with Gasteiger partial charge in [0.15, 0.2) is 6.61 Å². The molecule has 0 atom stereocenters. The second kappa shape index (κ2) is 6.71. The second-order valence-electron chi connectivity index (χ2n) is 3.12. The summed E-state index contributed by atoms with van der Waals surface area (Å²) in [6.45, 7) is 0.0418. The first-order valence-corrected chi connectivity index (χ1v) is 5.23. The Balaban J connectivity index is 2.37. The van der Waals surface area contributed by atoms with E-state index in [0.29, 0.717) is 0 Å². The van der Waals surface area contributed by atoms with Crippen LogP contribution in [-0.4, -0.2) is 19.1 Å². The Bertz CT molecular complexity index is 446. The first-order valence-electron chi connectivity index (χ1n) is 4.85. The fourth-order valence-electron chi connectivity index (χ4n) is 1.02. The molecule has 6 heteroatoms. The summed E-state index contributed by atoms with van der Waals surface area (Å²) in [6.07, 6.45) is 0.237. The van der Waals surface area contributed by atoms with Crippen molar-refractivity contribution in [2.45, 2.75) is 6.42 Å². The Morgan fingerprint density at radius 2 is 2.35 bits per heavy atom. The molecule has 1 aromatic rings. The lowest BCUT2D eigenvalue weighted by molar-refractivity contribution is -0.123. The number of nitrogens with one attached hydrogen (secondary N) is 1. The van der Waals surface area contributed by atoms with Crippen LogP contribution in [0.5, 0.6) is 5.75 Å². The number of hydrogen-bond acceptors (Lipinski definition) is 3. The predicted octanol–water partition coefficient (Wildman–Crippen LogP) is 1.89. The number of carbonyl (C=O) groups is 1. The lowest BCUT2D eigenvalue weighted by atomic mass is 10.3. The van der Waals surface area contributed by atoms with E-state index in [0.717, 1.165) is 6.07 Å². The zero-order valence-electron chi connectivity index (χ0n) is 8.87. The molecule has 0 spiro atoms. The highest BCUT2D eigenvalue weighted by atomic mass is 35.5. The minimum absolute atomic E-state index is 0.00387. The molecule has 0 aromatic heterocycles. The first-order chi connectivity index (χ1) is 8.13. The molecule has 0 aliphatic carbocycles. The first kappa shape index (κ1) is 13.3. The molecule has 90 valence electrons. The van der Waals surface area contributed by atoms with E-state index in [4.69, 9.17) is 21.6 Å². The van der Waals surface area contributed by atoms with Crippen LogP contribution in [0.25, 0.3) is 0 Å².